The monoisotopic (exact) mass is 340 g/mol. The number of aryl methyl sites for hydroxylation is 1. The highest BCUT2D eigenvalue weighted by Gasteiger charge is 2.12. The van der Waals surface area contributed by atoms with Gasteiger partial charge in [0.25, 0.3) is 5.91 Å². The predicted molar refractivity (Wildman–Crippen MR) is 79.5 cm³/mol. The molecular weight excluding hydrogens is 328 g/mol. The van der Waals surface area contributed by atoms with E-state index in [-0.39, 0.29) is 5.91 Å². The van der Waals surface area contributed by atoms with Crippen molar-refractivity contribution in [2.45, 2.75) is 13.5 Å². The number of hydrogen-bond donors (Lipinski definition) is 2. The van der Waals surface area contributed by atoms with E-state index in [0.717, 1.165) is 14.4 Å². The maximum atomic E-state index is 12.1. The fourth-order valence-corrected chi connectivity index (χ4v) is 2.63. The van der Waals surface area contributed by atoms with Crippen LogP contribution in [0.4, 0.5) is 5.82 Å². The number of rotatable bonds is 4. The highest BCUT2D eigenvalue weighted by atomic mass is 79.9. The van der Waals surface area contributed by atoms with Gasteiger partial charge >= 0.3 is 0 Å². The molecule has 0 radical (unpaired) electrons. The number of halogens is 1. The van der Waals surface area contributed by atoms with Crippen LogP contribution in [0.1, 0.15) is 20.2 Å². The van der Waals surface area contributed by atoms with E-state index >= 15 is 0 Å². The first-order valence-corrected chi connectivity index (χ1v) is 7.24. The Balaban J connectivity index is 2.09. The summed E-state index contributed by atoms with van der Waals surface area (Å²) in [6.45, 7) is 2.41. The summed E-state index contributed by atoms with van der Waals surface area (Å²) in [4.78, 5) is 21.5. The molecule has 0 fully saturated rings. The van der Waals surface area contributed by atoms with Crippen LogP contribution in [0.5, 0.6) is 0 Å². The molecular formula is C12H13BrN4OS. The van der Waals surface area contributed by atoms with Crippen molar-refractivity contribution in [3.63, 3.8) is 0 Å². The lowest BCUT2D eigenvalue weighted by Gasteiger charge is -2.08. The van der Waals surface area contributed by atoms with E-state index in [0.29, 0.717) is 17.9 Å². The first-order valence-electron chi connectivity index (χ1n) is 5.63. The molecule has 2 heterocycles. The van der Waals surface area contributed by atoms with Crippen LogP contribution in [0.25, 0.3) is 0 Å². The molecule has 0 saturated heterocycles. The van der Waals surface area contributed by atoms with Gasteiger partial charge in [-0.3, -0.25) is 4.79 Å². The average molecular weight is 341 g/mol. The van der Waals surface area contributed by atoms with E-state index in [4.69, 9.17) is 0 Å². The van der Waals surface area contributed by atoms with Gasteiger partial charge in [-0.05, 0) is 28.9 Å². The number of nitrogens with zero attached hydrogens (tertiary/aromatic N) is 2. The van der Waals surface area contributed by atoms with Crippen LogP contribution < -0.4 is 10.6 Å². The summed E-state index contributed by atoms with van der Waals surface area (Å²) in [5, 5.41) is 6.75. The Morgan fingerprint density at radius 2 is 2.21 bits per heavy atom. The average Bonchev–Trinajstić information content (AvgIpc) is 2.81. The zero-order chi connectivity index (χ0) is 13.8. The van der Waals surface area contributed by atoms with Gasteiger partial charge in [0.1, 0.15) is 5.82 Å². The number of hydrogen-bond acceptors (Lipinski definition) is 5. The summed E-state index contributed by atoms with van der Waals surface area (Å²) in [6.07, 6.45) is 3.42. The number of aromatic nitrogens is 2. The van der Waals surface area contributed by atoms with E-state index in [1.807, 2.05) is 6.92 Å². The van der Waals surface area contributed by atoms with Crippen molar-refractivity contribution >= 4 is 39.0 Å². The molecule has 0 aromatic carbocycles. The molecule has 0 spiro atoms. The van der Waals surface area contributed by atoms with Crippen molar-refractivity contribution < 1.29 is 4.79 Å². The van der Waals surface area contributed by atoms with Gasteiger partial charge in [0.05, 0.1) is 17.1 Å². The summed E-state index contributed by atoms with van der Waals surface area (Å²) >= 11 is 4.89. The number of pyridine rings is 1. The van der Waals surface area contributed by atoms with E-state index in [2.05, 4.69) is 36.5 Å². The first kappa shape index (κ1) is 14.0. The number of amides is 1. The Kier molecular flexibility index (Phi) is 4.49. The molecule has 0 aliphatic carbocycles. The zero-order valence-corrected chi connectivity index (χ0v) is 12.9. The van der Waals surface area contributed by atoms with E-state index in [1.165, 1.54) is 0 Å². The number of carbonyl (C=O) groups excluding carboxylic acids is 1. The van der Waals surface area contributed by atoms with Crippen LogP contribution in [0, 0.1) is 6.92 Å². The Morgan fingerprint density at radius 1 is 1.42 bits per heavy atom. The molecule has 0 atom stereocenters. The Morgan fingerprint density at radius 3 is 2.84 bits per heavy atom. The molecule has 0 bridgehead atoms. The SMILES string of the molecule is CNc1ncc(Br)cc1C(=O)NCc1cnc(C)s1. The molecule has 5 nitrogen and oxygen atoms in total. The maximum Gasteiger partial charge on any atom is 0.255 e. The van der Waals surface area contributed by atoms with Gasteiger partial charge in [-0.15, -0.1) is 11.3 Å². The van der Waals surface area contributed by atoms with Crippen molar-refractivity contribution in [3.05, 3.63) is 38.4 Å². The molecule has 2 aromatic rings. The van der Waals surface area contributed by atoms with E-state index < -0.39 is 0 Å². The summed E-state index contributed by atoms with van der Waals surface area (Å²) in [5.74, 6) is 0.394. The zero-order valence-electron chi connectivity index (χ0n) is 10.5. The minimum atomic E-state index is -0.163. The highest BCUT2D eigenvalue weighted by Crippen LogP contribution is 2.18. The van der Waals surface area contributed by atoms with Crippen molar-refractivity contribution in [1.29, 1.82) is 0 Å². The second-order valence-corrected chi connectivity index (χ2v) is 6.06. The molecule has 100 valence electrons. The van der Waals surface area contributed by atoms with Gasteiger partial charge in [0, 0.05) is 28.8 Å². The normalized spacial score (nSPS) is 10.3. The van der Waals surface area contributed by atoms with Gasteiger partial charge < -0.3 is 10.6 Å². The molecule has 2 rings (SSSR count). The summed E-state index contributed by atoms with van der Waals surface area (Å²) in [6, 6.07) is 1.74. The Hall–Kier alpha value is -1.47. The Labute approximate surface area is 123 Å². The molecule has 1 amide bonds. The molecule has 0 saturated carbocycles. The summed E-state index contributed by atoms with van der Waals surface area (Å²) in [7, 11) is 1.74. The standard InChI is InChI=1S/C12H13BrN4OS/c1-7-15-5-9(19-7)6-17-12(18)10-3-8(13)4-16-11(10)14-2/h3-5H,6H2,1-2H3,(H,14,16)(H,17,18). The van der Waals surface area contributed by atoms with Crippen LogP contribution in [0.3, 0.4) is 0 Å². The lowest BCUT2D eigenvalue weighted by molar-refractivity contribution is 0.0951. The molecule has 0 aliphatic heterocycles. The van der Waals surface area contributed by atoms with Gasteiger partial charge in [-0.25, -0.2) is 9.97 Å². The van der Waals surface area contributed by atoms with Crippen LogP contribution in [0.15, 0.2) is 22.9 Å². The Bertz CT molecular complexity index is 599. The summed E-state index contributed by atoms with van der Waals surface area (Å²) in [5.41, 5.74) is 0.512. The number of thiazole rings is 1. The number of carbonyl (C=O) groups is 1. The van der Waals surface area contributed by atoms with Crippen molar-refractivity contribution in [1.82, 2.24) is 15.3 Å². The summed E-state index contributed by atoms with van der Waals surface area (Å²) < 4.78 is 0.769. The lowest BCUT2D eigenvalue weighted by atomic mass is 10.2. The van der Waals surface area contributed by atoms with Crippen LogP contribution in [-0.2, 0) is 6.54 Å². The van der Waals surface area contributed by atoms with Crippen LogP contribution >= 0.6 is 27.3 Å². The molecule has 7 heteroatoms. The van der Waals surface area contributed by atoms with E-state index in [1.54, 1.807) is 36.8 Å². The third-order valence-corrected chi connectivity index (χ3v) is 3.77. The largest absolute Gasteiger partial charge is 0.372 e. The van der Waals surface area contributed by atoms with Gasteiger partial charge in [0.2, 0.25) is 0 Å². The second-order valence-electron chi connectivity index (χ2n) is 3.83. The fraction of sp³-hybridized carbons (Fsp3) is 0.250. The quantitative estimate of drug-likeness (QED) is 0.897. The predicted octanol–water partition coefficient (Wildman–Crippen LogP) is 2.58. The minimum Gasteiger partial charge on any atom is -0.372 e. The van der Waals surface area contributed by atoms with E-state index in [9.17, 15) is 4.79 Å². The topological polar surface area (TPSA) is 66.9 Å². The van der Waals surface area contributed by atoms with Gasteiger partial charge in [-0.1, -0.05) is 0 Å². The third kappa shape index (κ3) is 3.51. The number of anilines is 1. The van der Waals surface area contributed by atoms with Gasteiger partial charge in [-0.2, -0.15) is 0 Å². The van der Waals surface area contributed by atoms with Gasteiger partial charge in [0.15, 0.2) is 0 Å². The van der Waals surface area contributed by atoms with Crippen molar-refractivity contribution in [2.75, 3.05) is 12.4 Å². The molecule has 2 N–H and O–H groups in total. The number of nitrogens with one attached hydrogen (secondary N) is 2. The third-order valence-electron chi connectivity index (χ3n) is 2.43. The van der Waals surface area contributed by atoms with Crippen molar-refractivity contribution in [3.8, 4) is 0 Å². The van der Waals surface area contributed by atoms with Crippen LogP contribution in [0.2, 0.25) is 0 Å². The fourth-order valence-electron chi connectivity index (χ4n) is 1.56. The molecule has 19 heavy (non-hydrogen) atoms. The minimum absolute atomic E-state index is 0.163. The lowest BCUT2D eigenvalue weighted by Crippen LogP contribution is -2.23. The first-order chi connectivity index (χ1) is 9.10. The highest BCUT2D eigenvalue weighted by molar-refractivity contribution is 9.10. The molecule has 0 unspecified atom stereocenters. The second kappa shape index (κ2) is 6.12. The maximum absolute atomic E-state index is 12.1. The molecule has 0 aliphatic rings. The smallest absolute Gasteiger partial charge is 0.255 e. The molecule has 2 aromatic heterocycles. The van der Waals surface area contributed by atoms with Crippen LogP contribution in [-0.4, -0.2) is 22.9 Å². The van der Waals surface area contributed by atoms with Crippen molar-refractivity contribution in [2.24, 2.45) is 0 Å².